The molecule has 0 radical (unpaired) electrons. The number of hydrogen-bond donors (Lipinski definition) is 3. The summed E-state index contributed by atoms with van der Waals surface area (Å²) in [6, 6.07) is 3.37. The molecule has 0 fully saturated rings. The highest BCUT2D eigenvalue weighted by atomic mass is 35.5. The summed E-state index contributed by atoms with van der Waals surface area (Å²) in [6.07, 6.45) is -0.0319. The molecular formula is C12H14ClFN2O3. The molecule has 0 aromatic heterocycles. The summed E-state index contributed by atoms with van der Waals surface area (Å²) >= 11 is 5.51. The lowest BCUT2D eigenvalue weighted by Gasteiger charge is -2.11. The summed E-state index contributed by atoms with van der Waals surface area (Å²) in [5, 5.41) is 13.5. The van der Waals surface area contributed by atoms with E-state index in [1.54, 1.807) is 6.92 Å². The van der Waals surface area contributed by atoms with Crippen molar-refractivity contribution in [2.45, 2.75) is 13.3 Å². The molecular weight excluding hydrogens is 275 g/mol. The Bertz CT molecular complexity index is 482. The monoisotopic (exact) mass is 288 g/mol. The highest BCUT2D eigenvalue weighted by molar-refractivity contribution is 6.30. The summed E-state index contributed by atoms with van der Waals surface area (Å²) in [5.41, 5.74) is 0.269. The molecule has 1 atom stereocenters. The third-order valence-electron chi connectivity index (χ3n) is 2.31. The van der Waals surface area contributed by atoms with E-state index in [1.807, 2.05) is 0 Å². The first-order valence-corrected chi connectivity index (χ1v) is 5.98. The largest absolute Gasteiger partial charge is 0.481 e. The molecule has 0 aliphatic rings. The van der Waals surface area contributed by atoms with Crippen LogP contribution in [0.4, 0.5) is 14.9 Å². The second-order valence-electron chi connectivity index (χ2n) is 4.17. The quantitative estimate of drug-likeness (QED) is 0.779. The van der Waals surface area contributed by atoms with Gasteiger partial charge in [-0.05, 0) is 24.1 Å². The van der Waals surface area contributed by atoms with E-state index >= 15 is 0 Å². The molecule has 3 N–H and O–H groups in total. The zero-order chi connectivity index (χ0) is 14.4. The normalized spacial score (nSPS) is 11.7. The van der Waals surface area contributed by atoms with Crippen molar-refractivity contribution in [1.82, 2.24) is 5.32 Å². The van der Waals surface area contributed by atoms with Gasteiger partial charge in [-0.3, -0.25) is 4.79 Å². The Hall–Kier alpha value is -1.82. The van der Waals surface area contributed by atoms with Gasteiger partial charge < -0.3 is 15.7 Å². The van der Waals surface area contributed by atoms with Gasteiger partial charge in [-0.15, -0.1) is 0 Å². The minimum atomic E-state index is -0.922. The van der Waals surface area contributed by atoms with Gasteiger partial charge in [0.2, 0.25) is 0 Å². The maximum atomic E-state index is 13.1. The number of urea groups is 1. The molecule has 0 saturated heterocycles. The predicted octanol–water partition coefficient (Wildman–Crippen LogP) is 2.71. The number of halogens is 2. The van der Waals surface area contributed by atoms with Crippen molar-refractivity contribution >= 4 is 29.3 Å². The number of carboxylic acid groups (broad SMARTS) is 1. The van der Waals surface area contributed by atoms with E-state index < -0.39 is 17.8 Å². The van der Waals surface area contributed by atoms with Crippen LogP contribution in [0.3, 0.4) is 0 Å². The molecule has 0 aliphatic heterocycles. The second kappa shape index (κ2) is 6.94. The Balaban J connectivity index is 2.42. The first-order chi connectivity index (χ1) is 8.88. The summed E-state index contributed by atoms with van der Waals surface area (Å²) in [4.78, 5) is 21.9. The highest BCUT2D eigenvalue weighted by Gasteiger charge is 2.10. The predicted molar refractivity (Wildman–Crippen MR) is 69.8 cm³/mol. The van der Waals surface area contributed by atoms with Gasteiger partial charge in [0.15, 0.2) is 0 Å². The topological polar surface area (TPSA) is 78.4 Å². The zero-order valence-corrected chi connectivity index (χ0v) is 11.0. The number of anilines is 1. The van der Waals surface area contributed by atoms with E-state index in [4.69, 9.17) is 16.7 Å². The van der Waals surface area contributed by atoms with Crippen LogP contribution in [0.5, 0.6) is 0 Å². The number of aliphatic carboxylic acids is 1. The summed E-state index contributed by atoms with van der Waals surface area (Å²) < 4.78 is 13.1. The fraction of sp³-hybridized carbons (Fsp3) is 0.333. The first-order valence-electron chi connectivity index (χ1n) is 5.60. The standard InChI is InChI=1S/C12H14ClFN2O3/c1-7(4-11(17)18)6-15-12(19)16-8-2-3-9(13)10(14)5-8/h2-3,5,7H,4,6H2,1H3,(H,17,18)(H2,15,16,19). The summed E-state index contributed by atoms with van der Waals surface area (Å²) in [5.74, 6) is -1.74. The SMILES string of the molecule is CC(CNC(=O)Nc1ccc(Cl)c(F)c1)CC(=O)O. The molecule has 1 unspecified atom stereocenters. The molecule has 5 nitrogen and oxygen atoms in total. The molecule has 1 aromatic carbocycles. The van der Waals surface area contributed by atoms with Crippen LogP contribution in [0.25, 0.3) is 0 Å². The molecule has 0 saturated carbocycles. The van der Waals surface area contributed by atoms with E-state index in [1.165, 1.54) is 12.1 Å². The number of carbonyl (C=O) groups excluding carboxylic acids is 1. The van der Waals surface area contributed by atoms with Gasteiger partial charge in [-0.1, -0.05) is 18.5 Å². The van der Waals surface area contributed by atoms with Crippen LogP contribution in [-0.2, 0) is 4.79 Å². The molecule has 19 heavy (non-hydrogen) atoms. The Morgan fingerprint density at radius 2 is 2.16 bits per heavy atom. The number of hydrogen-bond acceptors (Lipinski definition) is 2. The molecule has 104 valence electrons. The van der Waals surface area contributed by atoms with Crippen LogP contribution in [-0.4, -0.2) is 23.7 Å². The Kier molecular flexibility index (Phi) is 5.57. The van der Waals surface area contributed by atoms with Crippen molar-refractivity contribution in [3.8, 4) is 0 Å². The Morgan fingerprint density at radius 1 is 1.47 bits per heavy atom. The second-order valence-corrected chi connectivity index (χ2v) is 4.57. The molecule has 0 heterocycles. The van der Waals surface area contributed by atoms with Gasteiger partial charge in [0.1, 0.15) is 5.82 Å². The average molecular weight is 289 g/mol. The highest BCUT2D eigenvalue weighted by Crippen LogP contribution is 2.18. The van der Waals surface area contributed by atoms with Gasteiger partial charge in [0.25, 0.3) is 0 Å². The van der Waals surface area contributed by atoms with Crippen LogP contribution in [0.2, 0.25) is 5.02 Å². The smallest absolute Gasteiger partial charge is 0.319 e. The first kappa shape index (κ1) is 15.2. The van der Waals surface area contributed by atoms with E-state index in [0.29, 0.717) is 0 Å². The zero-order valence-electron chi connectivity index (χ0n) is 10.2. The lowest BCUT2D eigenvalue weighted by atomic mass is 10.1. The Labute approximate surface area is 114 Å². The molecule has 0 aliphatic carbocycles. The Morgan fingerprint density at radius 3 is 2.74 bits per heavy atom. The van der Waals surface area contributed by atoms with Gasteiger partial charge >= 0.3 is 12.0 Å². The van der Waals surface area contributed by atoms with Crippen molar-refractivity contribution in [1.29, 1.82) is 0 Å². The number of nitrogens with one attached hydrogen (secondary N) is 2. The fourth-order valence-electron chi connectivity index (χ4n) is 1.39. The molecule has 1 aromatic rings. The number of carboxylic acids is 1. The van der Waals surface area contributed by atoms with Gasteiger partial charge in [-0.2, -0.15) is 0 Å². The van der Waals surface area contributed by atoms with Crippen molar-refractivity contribution < 1.29 is 19.1 Å². The lowest BCUT2D eigenvalue weighted by Crippen LogP contribution is -2.33. The van der Waals surface area contributed by atoms with E-state index in [0.717, 1.165) is 6.07 Å². The van der Waals surface area contributed by atoms with Gasteiger partial charge in [0, 0.05) is 18.7 Å². The number of carbonyl (C=O) groups is 2. The average Bonchev–Trinajstić information content (AvgIpc) is 2.30. The minimum absolute atomic E-state index is 0.0268. The summed E-state index contributed by atoms with van der Waals surface area (Å²) in [7, 11) is 0. The number of benzene rings is 1. The van der Waals surface area contributed by atoms with Crippen LogP contribution < -0.4 is 10.6 Å². The van der Waals surface area contributed by atoms with Crippen LogP contribution in [0.15, 0.2) is 18.2 Å². The molecule has 0 bridgehead atoms. The maximum absolute atomic E-state index is 13.1. The van der Waals surface area contributed by atoms with Gasteiger partial charge in [0.05, 0.1) is 5.02 Å². The molecule has 2 amide bonds. The van der Waals surface area contributed by atoms with Crippen molar-refractivity contribution in [2.75, 3.05) is 11.9 Å². The molecule has 7 heteroatoms. The molecule has 0 spiro atoms. The third-order valence-corrected chi connectivity index (χ3v) is 2.62. The van der Waals surface area contributed by atoms with Crippen molar-refractivity contribution in [2.24, 2.45) is 5.92 Å². The van der Waals surface area contributed by atoms with E-state index in [-0.39, 0.29) is 29.6 Å². The van der Waals surface area contributed by atoms with Gasteiger partial charge in [-0.25, -0.2) is 9.18 Å². The summed E-state index contributed by atoms with van der Waals surface area (Å²) in [6.45, 7) is 1.92. The fourth-order valence-corrected chi connectivity index (χ4v) is 1.50. The minimum Gasteiger partial charge on any atom is -0.481 e. The number of amides is 2. The van der Waals surface area contributed by atoms with Crippen LogP contribution >= 0.6 is 11.6 Å². The third kappa shape index (κ3) is 5.56. The lowest BCUT2D eigenvalue weighted by molar-refractivity contribution is -0.137. The van der Waals surface area contributed by atoms with Crippen molar-refractivity contribution in [3.63, 3.8) is 0 Å². The van der Waals surface area contributed by atoms with E-state index in [9.17, 15) is 14.0 Å². The van der Waals surface area contributed by atoms with Crippen molar-refractivity contribution in [3.05, 3.63) is 29.0 Å². The van der Waals surface area contributed by atoms with Crippen LogP contribution in [0.1, 0.15) is 13.3 Å². The maximum Gasteiger partial charge on any atom is 0.319 e. The number of rotatable bonds is 5. The van der Waals surface area contributed by atoms with Crippen LogP contribution in [0, 0.1) is 11.7 Å². The molecule has 1 rings (SSSR count). The van der Waals surface area contributed by atoms with E-state index in [2.05, 4.69) is 10.6 Å².